The minimum atomic E-state index is -0.685. The molecule has 1 atom stereocenters. The van der Waals surface area contributed by atoms with Gasteiger partial charge in [-0.1, -0.05) is 53.7 Å². The molecule has 0 bridgehead atoms. The van der Waals surface area contributed by atoms with Crippen LogP contribution in [0, 0.1) is 6.92 Å². The summed E-state index contributed by atoms with van der Waals surface area (Å²) in [7, 11) is 1.53. The van der Waals surface area contributed by atoms with E-state index in [2.05, 4.69) is 26.6 Å². The molecule has 10 nitrogen and oxygen atoms in total. The van der Waals surface area contributed by atoms with E-state index in [0.717, 1.165) is 11.1 Å². The number of hydrogen-bond donors (Lipinski definition) is 2. The second kappa shape index (κ2) is 15.3. The number of carbonyl (C=O) groups excluding carboxylic acids is 2. The van der Waals surface area contributed by atoms with Gasteiger partial charge in [-0.3, -0.25) is 9.59 Å². The Morgan fingerprint density at radius 2 is 1.87 bits per heavy atom. The van der Waals surface area contributed by atoms with Crippen molar-refractivity contribution >= 4 is 62.7 Å². The Bertz CT molecular complexity index is 1830. The molecule has 1 aromatic heterocycles. The number of nitrogens with zero attached hydrogens (tertiary/aromatic N) is 4. The van der Waals surface area contributed by atoms with Crippen LogP contribution in [0.2, 0.25) is 5.02 Å². The molecular formula is C34H36BrClN6O4S. The van der Waals surface area contributed by atoms with E-state index in [4.69, 9.17) is 31.2 Å². The van der Waals surface area contributed by atoms with Crippen molar-refractivity contribution in [2.75, 3.05) is 37.4 Å². The van der Waals surface area contributed by atoms with Gasteiger partial charge < -0.3 is 25.0 Å². The summed E-state index contributed by atoms with van der Waals surface area (Å²) in [5.41, 5.74) is 4.44. The van der Waals surface area contributed by atoms with Crippen molar-refractivity contribution in [3.8, 4) is 11.5 Å². The molecule has 3 aromatic carbocycles. The molecule has 0 aliphatic carbocycles. The van der Waals surface area contributed by atoms with Crippen molar-refractivity contribution < 1.29 is 19.1 Å². The predicted molar refractivity (Wildman–Crippen MR) is 189 cm³/mol. The van der Waals surface area contributed by atoms with Crippen LogP contribution < -0.4 is 20.1 Å². The lowest BCUT2D eigenvalue weighted by Gasteiger charge is -2.29. The van der Waals surface area contributed by atoms with Gasteiger partial charge in [-0.15, -0.1) is 5.10 Å². The molecule has 13 heteroatoms. The smallest absolute Gasteiger partial charge is 0.260 e. The van der Waals surface area contributed by atoms with Crippen LogP contribution in [0.15, 0.2) is 81.6 Å². The van der Waals surface area contributed by atoms with Gasteiger partial charge in [0, 0.05) is 35.2 Å². The van der Waals surface area contributed by atoms with Gasteiger partial charge in [0.15, 0.2) is 18.1 Å². The number of likely N-dealkylation sites (N-methyl/N-ethyl adjacent to an activating group) is 1. The van der Waals surface area contributed by atoms with Crippen LogP contribution in [0.4, 0.5) is 11.6 Å². The average molecular weight is 740 g/mol. The molecule has 0 saturated heterocycles. The van der Waals surface area contributed by atoms with E-state index in [1.807, 2.05) is 82.3 Å². The van der Waals surface area contributed by atoms with Gasteiger partial charge in [-0.25, -0.2) is 4.68 Å². The molecular weight excluding hydrogens is 704 g/mol. The highest BCUT2D eigenvalue weighted by molar-refractivity contribution is 9.10. The Morgan fingerprint density at radius 3 is 2.57 bits per heavy atom. The average Bonchev–Trinajstić information content (AvgIpc) is 3.45. The van der Waals surface area contributed by atoms with E-state index in [0.29, 0.717) is 73.5 Å². The van der Waals surface area contributed by atoms with Crippen LogP contribution in [0.3, 0.4) is 0 Å². The van der Waals surface area contributed by atoms with Crippen molar-refractivity contribution in [1.82, 2.24) is 19.7 Å². The van der Waals surface area contributed by atoms with Crippen molar-refractivity contribution in [2.45, 2.75) is 44.6 Å². The third kappa shape index (κ3) is 7.77. The summed E-state index contributed by atoms with van der Waals surface area (Å²) in [5.74, 6) is 1.41. The lowest BCUT2D eigenvalue weighted by Crippen LogP contribution is -2.34. The summed E-state index contributed by atoms with van der Waals surface area (Å²) in [6, 6.07) is 18.2. The molecule has 2 N–H and O–H groups in total. The fourth-order valence-electron chi connectivity index (χ4n) is 5.31. The van der Waals surface area contributed by atoms with Gasteiger partial charge >= 0.3 is 0 Å². The molecule has 5 rings (SSSR count). The third-order valence-corrected chi connectivity index (χ3v) is 9.54. The predicted octanol–water partition coefficient (Wildman–Crippen LogP) is 7.48. The molecule has 246 valence electrons. The Morgan fingerprint density at radius 1 is 1.11 bits per heavy atom. The number of nitrogens with one attached hydrogen (secondary N) is 2. The normalized spacial score (nSPS) is 13.9. The van der Waals surface area contributed by atoms with Gasteiger partial charge in [0.1, 0.15) is 6.04 Å². The first-order valence-corrected chi connectivity index (χ1v) is 17.3. The van der Waals surface area contributed by atoms with E-state index < -0.39 is 6.04 Å². The SMILES string of the molecule is CCN(CC)C(=O)COc1c(Br)cc(C2C(C(=O)Nc3cccc(C)c3)=C(C)Nc3nc(SCc4ccccc4Cl)nn32)cc1OC. The zero-order chi connectivity index (χ0) is 33.7. The quantitative estimate of drug-likeness (QED) is 0.144. The molecule has 2 heterocycles. The lowest BCUT2D eigenvalue weighted by atomic mass is 9.94. The monoisotopic (exact) mass is 738 g/mol. The van der Waals surface area contributed by atoms with E-state index >= 15 is 0 Å². The molecule has 4 aromatic rings. The second-order valence-corrected chi connectivity index (χ2v) is 13.0. The van der Waals surface area contributed by atoms with Crippen LogP contribution in [-0.4, -0.2) is 58.3 Å². The topological polar surface area (TPSA) is 111 Å². The Kier molecular flexibility index (Phi) is 11.2. The molecule has 47 heavy (non-hydrogen) atoms. The molecule has 0 fully saturated rings. The molecule has 1 aliphatic heterocycles. The van der Waals surface area contributed by atoms with Gasteiger partial charge in [0.2, 0.25) is 11.1 Å². The fourth-order valence-corrected chi connectivity index (χ4v) is 7.00. The first-order valence-electron chi connectivity index (χ1n) is 15.1. The summed E-state index contributed by atoms with van der Waals surface area (Å²) in [4.78, 5) is 33.2. The molecule has 2 amide bonds. The number of thioether (sulfide) groups is 1. The number of hydrogen-bond acceptors (Lipinski definition) is 8. The number of benzene rings is 3. The summed E-state index contributed by atoms with van der Waals surface area (Å²) < 4.78 is 14.0. The highest BCUT2D eigenvalue weighted by Crippen LogP contribution is 2.43. The molecule has 0 radical (unpaired) electrons. The van der Waals surface area contributed by atoms with Crippen LogP contribution >= 0.6 is 39.3 Å². The van der Waals surface area contributed by atoms with E-state index in [-0.39, 0.29) is 18.4 Å². The maximum Gasteiger partial charge on any atom is 0.260 e. The second-order valence-electron chi connectivity index (χ2n) is 10.8. The Balaban J connectivity index is 1.53. The maximum absolute atomic E-state index is 14.0. The van der Waals surface area contributed by atoms with E-state index in [1.165, 1.54) is 18.9 Å². The number of aromatic nitrogens is 3. The van der Waals surface area contributed by atoms with E-state index in [9.17, 15) is 9.59 Å². The fraction of sp³-hybridized carbons (Fsp3) is 0.294. The van der Waals surface area contributed by atoms with Crippen molar-refractivity contribution in [2.24, 2.45) is 0 Å². The highest BCUT2D eigenvalue weighted by Gasteiger charge is 2.35. The van der Waals surface area contributed by atoms with Gasteiger partial charge in [0.05, 0.1) is 17.2 Å². The number of aryl methyl sites for hydroxylation is 1. The summed E-state index contributed by atoms with van der Waals surface area (Å²) in [6.07, 6.45) is 0. The first-order chi connectivity index (χ1) is 22.6. The zero-order valence-corrected chi connectivity index (χ0v) is 29.9. The lowest BCUT2D eigenvalue weighted by molar-refractivity contribution is -0.133. The Hall–Kier alpha value is -4.00. The summed E-state index contributed by atoms with van der Waals surface area (Å²) in [5, 5.41) is 12.4. The number of halogens is 2. The standard InChI is InChI=1S/C34H36BrClN6O4S/c1-6-41(7-2)28(43)18-46-31-25(35)16-23(17-27(31)45-5)30-29(32(44)38-24-13-10-11-20(3)15-24)21(4)37-33-39-34(40-42(30)33)47-19-22-12-8-9-14-26(22)36/h8-17,30H,6-7,18-19H2,1-5H3,(H,38,44)(H,37,39,40). The molecule has 1 aliphatic rings. The van der Waals surface area contributed by atoms with Gasteiger partial charge in [0.25, 0.3) is 11.8 Å². The van der Waals surface area contributed by atoms with Crippen molar-refractivity contribution in [3.05, 3.63) is 98.1 Å². The summed E-state index contributed by atoms with van der Waals surface area (Å²) in [6.45, 7) is 8.69. The number of ether oxygens (including phenoxy) is 2. The molecule has 1 unspecified atom stereocenters. The number of anilines is 2. The van der Waals surface area contributed by atoms with Crippen molar-refractivity contribution in [3.63, 3.8) is 0 Å². The molecule has 0 saturated carbocycles. The van der Waals surface area contributed by atoms with E-state index in [1.54, 1.807) is 15.6 Å². The largest absolute Gasteiger partial charge is 0.493 e. The zero-order valence-electron chi connectivity index (χ0n) is 26.8. The minimum absolute atomic E-state index is 0.130. The number of allylic oxidation sites excluding steroid dienone is 1. The Labute approximate surface area is 292 Å². The van der Waals surface area contributed by atoms with Crippen LogP contribution in [0.1, 0.15) is 43.5 Å². The maximum atomic E-state index is 14.0. The number of carbonyl (C=O) groups is 2. The van der Waals surface area contributed by atoms with Crippen LogP contribution in [0.25, 0.3) is 0 Å². The van der Waals surface area contributed by atoms with Crippen LogP contribution in [0.5, 0.6) is 11.5 Å². The number of methoxy groups -OCH3 is 1. The summed E-state index contributed by atoms with van der Waals surface area (Å²) >= 11 is 11.5. The number of rotatable bonds is 12. The number of amides is 2. The van der Waals surface area contributed by atoms with Gasteiger partial charge in [-0.05, 0) is 90.6 Å². The number of fused-ring (bicyclic) bond motifs is 1. The van der Waals surface area contributed by atoms with Gasteiger partial charge in [-0.2, -0.15) is 4.98 Å². The third-order valence-electron chi connectivity index (χ3n) is 7.69. The minimum Gasteiger partial charge on any atom is -0.493 e. The molecule has 0 spiro atoms. The van der Waals surface area contributed by atoms with Crippen LogP contribution in [-0.2, 0) is 15.3 Å². The van der Waals surface area contributed by atoms with Crippen molar-refractivity contribution in [1.29, 1.82) is 0 Å². The highest BCUT2D eigenvalue weighted by atomic mass is 79.9. The first kappa shape index (κ1) is 34.3.